The number of Topliss-reactive ketones (excluding diaryl/α,β-unsaturated/α-hetero) is 1. The highest BCUT2D eigenvalue weighted by Crippen LogP contribution is 2.52. The molecule has 1 aliphatic heterocycles. The Morgan fingerprint density at radius 3 is 2.53 bits per heavy atom. The number of benzene rings is 1. The third-order valence-electron chi connectivity index (χ3n) is 6.76. The number of halogens is 2. The van der Waals surface area contributed by atoms with Crippen molar-refractivity contribution in [2.24, 2.45) is 0 Å². The molecule has 0 unspecified atom stereocenters. The average Bonchev–Trinajstić information content (AvgIpc) is 3.47. The van der Waals surface area contributed by atoms with Crippen molar-refractivity contribution in [3.05, 3.63) is 52.8 Å². The minimum absolute atomic E-state index is 0.00400. The molecule has 2 saturated carbocycles. The van der Waals surface area contributed by atoms with Gasteiger partial charge in [-0.2, -0.15) is 0 Å². The average molecular weight is 413 g/mol. The lowest BCUT2D eigenvalue weighted by atomic mass is 9.84. The van der Waals surface area contributed by atoms with E-state index in [1.165, 1.54) is 37.0 Å². The highest BCUT2D eigenvalue weighted by atomic mass is 19.3. The molecule has 158 valence electrons. The molecule has 0 radical (unpaired) electrons. The van der Waals surface area contributed by atoms with Crippen molar-refractivity contribution in [2.45, 2.75) is 75.9 Å². The van der Waals surface area contributed by atoms with Crippen LogP contribution in [0.5, 0.6) is 11.5 Å². The molecule has 0 N–H and O–H groups in total. The summed E-state index contributed by atoms with van der Waals surface area (Å²) >= 11 is 0. The van der Waals surface area contributed by atoms with E-state index in [9.17, 15) is 13.6 Å². The Morgan fingerprint density at radius 2 is 1.80 bits per heavy atom. The number of hydrogen-bond donors (Lipinski definition) is 0. The molecule has 0 bridgehead atoms. The lowest BCUT2D eigenvalue weighted by Crippen LogP contribution is -2.26. The quantitative estimate of drug-likeness (QED) is 0.640. The molecule has 0 saturated heterocycles. The van der Waals surface area contributed by atoms with Gasteiger partial charge in [-0.05, 0) is 61.9 Å². The number of pyridine rings is 1. The van der Waals surface area contributed by atoms with Crippen LogP contribution in [0.15, 0.2) is 30.3 Å². The predicted octanol–water partition coefficient (Wildman–Crippen LogP) is 5.60. The summed E-state index contributed by atoms with van der Waals surface area (Å²) in [6.07, 6.45) is 4.12. The molecular formula is C24H25F2NO3. The van der Waals surface area contributed by atoms with Crippen molar-refractivity contribution in [1.29, 1.82) is 0 Å². The molecule has 6 heteroatoms. The summed E-state index contributed by atoms with van der Waals surface area (Å²) in [5.41, 5.74) is 3.20. The summed E-state index contributed by atoms with van der Waals surface area (Å²) in [7, 11) is 0. The Morgan fingerprint density at radius 1 is 1.07 bits per heavy atom. The first kappa shape index (κ1) is 19.5. The highest BCUT2D eigenvalue weighted by molar-refractivity contribution is 5.94. The van der Waals surface area contributed by atoms with E-state index in [0.29, 0.717) is 24.3 Å². The van der Waals surface area contributed by atoms with E-state index in [1.54, 1.807) is 6.07 Å². The number of rotatable bonds is 5. The minimum atomic E-state index is -3.65. The van der Waals surface area contributed by atoms with Crippen LogP contribution in [0.3, 0.4) is 0 Å². The Hall–Kier alpha value is -2.50. The molecule has 2 aromatic rings. The number of carbonyl (C=O) groups excluding carboxylic acids is 1. The smallest absolute Gasteiger partial charge is 0.395 e. The third-order valence-corrected chi connectivity index (χ3v) is 6.76. The second kappa shape index (κ2) is 7.03. The van der Waals surface area contributed by atoms with Crippen LogP contribution in [0.1, 0.15) is 73.4 Å². The fourth-order valence-corrected chi connectivity index (χ4v) is 4.91. The summed E-state index contributed by atoms with van der Waals surface area (Å²) in [6.45, 7) is 2.09. The second-order valence-corrected chi connectivity index (χ2v) is 8.85. The molecule has 2 fully saturated rings. The molecule has 1 aromatic carbocycles. The topological polar surface area (TPSA) is 48.4 Å². The van der Waals surface area contributed by atoms with Crippen molar-refractivity contribution >= 4 is 5.78 Å². The standard InChI is InChI=1S/C24H25F2NO3/c1-15-7-9-18(27-22(15)16-5-3-2-4-6-16)14-21(28)23(11-12-23)17-8-10-19-20(13-17)30-24(25,26)29-19/h7-10,13,16H,2-6,11-12,14H2,1H3. The molecule has 4 nitrogen and oxygen atoms in total. The Balaban J connectivity index is 1.36. The van der Waals surface area contributed by atoms with Crippen LogP contribution in [0.4, 0.5) is 8.78 Å². The van der Waals surface area contributed by atoms with Gasteiger partial charge in [0.15, 0.2) is 11.5 Å². The van der Waals surface area contributed by atoms with Gasteiger partial charge in [-0.1, -0.05) is 31.4 Å². The monoisotopic (exact) mass is 413 g/mol. The number of alkyl halides is 2. The van der Waals surface area contributed by atoms with Gasteiger partial charge in [-0.15, -0.1) is 8.78 Å². The van der Waals surface area contributed by atoms with Gasteiger partial charge in [0.1, 0.15) is 5.78 Å². The highest BCUT2D eigenvalue weighted by Gasteiger charge is 2.52. The maximum absolute atomic E-state index is 13.3. The predicted molar refractivity (Wildman–Crippen MR) is 107 cm³/mol. The van der Waals surface area contributed by atoms with Gasteiger partial charge in [-0.25, -0.2) is 0 Å². The number of nitrogens with zero attached hydrogens (tertiary/aromatic N) is 1. The largest absolute Gasteiger partial charge is 0.586 e. The fraction of sp³-hybridized carbons (Fsp3) is 0.500. The molecule has 0 amide bonds. The number of aryl methyl sites for hydroxylation is 1. The van der Waals surface area contributed by atoms with Crippen molar-refractivity contribution in [3.63, 3.8) is 0 Å². The third kappa shape index (κ3) is 3.46. The van der Waals surface area contributed by atoms with Gasteiger partial charge < -0.3 is 9.47 Å². The summed E-state index contributed by atoms with van der Waals surface area (Å²) in [6, 6.07) is 8.70. The van der Waals surface area contributed by atoms with Gasteiger partial charge in [0.25, 0.3) is 0 Å². The van der Waals surface area contributed by atoms with Crippen LogP contribution in [-0.2, 0) is 16.6 Å². The molecule has 3 aliphatic rings. The first-order chi connectivity index (χ1) is 14.4. The molecule has 0 atom stereocenters. The number of fused-ring (bicyclic) bond motifs is 1. The molecule has 1 aromatic heterocycles. The number of ketones is 1. The van der Waals surface area contributed by atoms with Crippen LogP contribution in [0.2, 0.25) is 0 Å². The summed E-state index contributed by atoms with van der Waals surface area (Å²) in [5.74, 6) is 0.562. The zero-order valence-electron chi connectivity index (χ0n) is 17.0. The van der Waals surface area contributed by atoms with Gasteiger partial charge in [-0.3, -0.25) is 9.78 Å². The summed E-state index contributed by atoms with van der Waals surface area (Å²) in [5, 5.41) is 0. The van der Waals surface area contributed by atoms with Crippen molar-refractivity contribution in [1.82, 2.24) is 4.98 Å². The molecule has 5 rings (SSSR count). The SMILES string of the molecule is Cc1ccc(CC(=O)C2(c3ccc4c(c3)OC(F)(F)O4)CC2)nc1C1CCCCC1. The molecule has 2 aliphatic carbocycles. The summed E-state index contributed by atoms with van der Waals surface area (Å²) < 4.78 is 35.7. The van der Waals surface area contributed by atoms with E-state index in [0.717, 1.165) is 24.2 Å². The van der Waals surface area contributed by atoms with E-state index in [-0.39, 0.29) is 23.7 Å². The van der Waals surface area contributed by atoms with Crippen molar-refractivity contribution < 1.29 is 23.0 Å². The Labute approximate surface area is 174 Å². The molecular weight excluding hydrogens is 388 g/mol. The van der Waals surface area contributed by atoms with E-state index < -0.39 is 11.7 Å². The maximum Gasteiger partial charge on any atom is 0.586 e. The number of carbonyl (C=O) groups is 1. The Kier molecular flexibility index (Phi) is 4.56. The van der Waals surface area contributed by atoms with Crippen LogP contribution >= 0.6 is 0 Å². The van der Waals surface area contributed by atoms with Gasteiger partial charge >= 0.3 is 6.29 Å². The van der Waals surface area contributed by atoms with E-state index in [4.69, 9.17) is 4.98 Å². The van der Waals surface area contributed by atoms with Crippen LogP contribution in [0.25, 0.3) is 0 Å². The maximum atomic E-state index is 13.3. The van der Waals surface area contributed by atoms with Crippen molar-refractivity contribution in [3.8, 4) is 11.5 Å². The normalized spacial score (nSPS) is 21.4. The number of hydrogen-bond acceptors (Lipinski definition) is 4. The Bertz CT molecular complexity index is 994. The van der Waals surface area contributed by atoms with Gasteiger partial charge in [0, 0.05) is 23.7 Å². The van der Waals surface area contributed by atoms with E-state index in [1.807, 2.05) is 6.07 Å². The fourth-order valence-electron chi connectivity index (χ4n) is 4.91. The molecule has 2 heterocycles. The number of ether oxygens (including phenoxy) is 2. The van der Waals surface area contributed by atoms with Crippen LogP contribution < -0.4 is 9.47 Å². The van der Waals surface area contributed by atoms with Gasteiger partial charge in [0.2, 0.25) is 0 Å². The van der Waals surface area contributed by atoms with Crippen LogP contribution in [0, 0.1) is 6.92 Å². The lowest BCUT2D eigenvalue weighted by Gasteiger charge is -2.23. The number of aromatic nitrogens is 1. The minimum Gasteiger partial charge on any atom is -0.395 e. The van der Waals surface area contributed by atoms with E-state index >= 15 is 0 Å². The van der Waals surface area contributed by atoms with Crippen molar-refractivity contribution in [2.75, 3.05) is 0 Å². The first-order valence-electron chi connectivity index (χ1n) is 10.8. The second-order valence-electron chi connectivity index (χ2n) is 8.85. The van der Waals surface area contributed by atoms with E-state index in [2.05, 4.69) is 22.5 Å². The zero-order valence-corrected chi connectivity index (χ0v) is 17.0. The zero-order chi connectivity index (χ0) is 20.9. The lowest BCUT2D eigenvalue weighted by molar-refractivity contribution is -0.286. The first-order valence-corrected chi connectivity index (χ1v) is 10.8. The van der Waals surface area contributed by atoms with Gasteiger partial charge in [0.05, 0.1) is 5.41 Å². The summed E-state index contributed by atoms with van der Waals surface area (Å²) in [4.78, 5) is 18.1. The molecule has 30 heavy (non-hydrogen) atoms. The van der Waals surface area contributed by atoms with Crippen LogP contribution in [-0.4, -0.2) is 17.1 Å². The molecule has 0 spiro atoms.